The normalized spacial score (nSPS) is 11.5. The van der Waals surface area contributed by atoms with Crippen molar-refractivity contribution in [1.29, 1.82) is 0 Å². The van der Waals surface area contributed by atoms with Crippen molar-refractivity contribution in [3.05, 3.63) is 30.0 Å². The van der Waals surface area contributed by atoms with E-state index in [1.165, 1.54) is 6.07 Å². The minimum Gasteiger partial charge on any atom is -0.432 e. The van der Waals surface area contributed by atoms with Gasteiger partial charge in [0.1, 0.15) is 5.52 Å². The first-order valence-corrected chi connectivity index (χ1v) is 6.10. The average Bonchev–Trinajstić information content (AvgIpc) is 2.28. The van der Waals surface area contributed by atoms with Crippen molar-refractivity contribution in [3.63, 3.8) is 0 Å². The van der Waals surface area contributed by atoms with Crippen molar-refractivity contribution < 1.29 is 13.5 Å². The molecule has 0 unspecified atom stereocenters. The summed E-state index contributed by atoms with van der Waals surface area (Å²) in [7, 11) is 0. The highest BCUT2D eigenvalue weighted by Crippen LogP contribution is 2.30. The van der Waals surface area contributed by atoms with Crippen LogP contribution in [0.15, 0.2) is 24.3 Å². The Morgan fingerprint density at radius 3 is 2.68 bits per heavy atom. The third-order valence-electron chi connectivity index (χ3n) is 2.72. The van der Waals surface area contributed by atoms with Crippen molar-refractivity contribution in [2.45, 2.75) is 26.9 Å². The molecule has 0 aliphatic heterocycles. The molecule has 0 saturated carbocycles. The van der Waals surface area contributed by atoms with Crippen LogP contribution < -0.4 is 10.5 Å². The fraction of sp³-hybridized carbons (Fsp3) is 0.357. The van der Waals surface area contributed by atoms with Crippen molar-refractivity contribution in [1.82, 2.24) is 4.98 Å². The van der Waals surface area contributed by atoms with Crippen LogP contribution in [0, 0.1) is 5.92 Å². The lowest BCUT2D eigenvalue weighted by molar-refractivity contribution is -0.0489. The highest BCUT2D eigenvalue weighted by atomic mass is 19.3. The summed E-state index contributed by atoms with van der Waals surface area (Å²) < 4.78 is 29.2. The van der Waals surface area contributed by atoms with Crippen LogP contribution in [0.3, 0.4) is 0 Å². The van der Waals surface area contributed by atoms with Gasteiger partial charge in [0.25, 0.3) is 0 Å². The third-order valence-corrected chi connectivity index (χ3v) is 2.72. The Bertz CT molecular complexity index is 585. The van der Waals surface area contributed by atoms with Crippen LogP contribution in [-0.4, -0.2) is 11.6 Å². The number of hydrogen-bond donors (Lipinski definition) is 1. The van der Waals surface area contributed by atoms with E-state index in [2.05, 4.69) is 23.6 Å². The van der Waals surface area contributed by atoms with E-state index in [9.17, 15) is 8.78 Å². The number of rotatable bonds is 4. The number of ether oxygens (including phenoxy) is 1. The van der Waals surface area contributed by atoms with Crippen molar-refractivity contribution >= 4 is 16.6 Å². The van der Waals surface area contributed by atoms with Crippen molar-refractivity contribution in [2.75, 3.05) is 5.73 Å². The highest BCUT2D eigenvalue weighted by Gasteiger charge is 2.12. The number of alkyl halides is 2. The van der Waals surface area contributed by atoms with Gasteiger partial charge in [0.2, 0.25) is 0 Å². The molecule has 0 fully saturated rings. The second-order valence-electron chi connectivity index (χ2n) is 4.83. The molecular formula is C14H16F2N2O. The number of aromatic nitrogens is 1. The van der Waals surface area contributed by atoms with Gasteiger partial charge >= 0.3 is 6.61 Å². The van der Waals surface area contributed by atoms with Crippen LogP contribution in [-0.2, 0) is 6.42 Å². The number of para-hydroxylation sites is 1. The number of halogens is 2. The standard InChI is InChI=1S/C14H16F2N2O/c1-8(2)6-9-7-11(17)10-4-3-5-12(13(10)18-9)19-14(15)16/h3-5,7-8,14H,6H2,1-2H3,(H2,17,18). The van der Waals surface area contributed by atoms with Gasteiger partial charge in [-0.2, -0.15) is 8.78 Å². The molecule has 0 bridgehead atoms. The minimum atomic E-state index is -2.87. The lowest BCUT2D eigenvalue weighted by atomic mass is 10.1. The Morgan fingerprint density at radius 2 is 2.05 bits per heavy atom. The largest absolute Gasteiger partial charge is 0.432 e. The van der Waals surface area contributed by atoms with Gasteiger partial charge in [0.05, 0.1) is 0 Å². The van der Waals surface area contributed by atoms with Crippen LogP contribution in [0.4, 0.5) is 14.5 Å². The second kappa shape index (κ2) is 5.38. The molecule has 1 aromatic carbocycles. The summed E-state index contributed by atoms with van der Waals surface area (Å²) in [6.07, 6.45) is 0.739. The van der Waals surface area contributed by atoms with Gasteiger partial charge in [-0.3, -0.25) is 0 Å². The zero-order valence-corrected chi connectivity index (χ0v) is 10.9. The molecule has 2 N–H and O–H groups in total. The molecule has 3 nitrogen and oxygen atoms in total. The topological polar surface area (TPSA) is 48.1 Å². The maximum Gasteiger partial charge on any atom is 0.387 e. The van der Waals surface area contributed by atoms with Gasteiger partial charge in [-0.15, -0.1) is 0 Å². The van der Waals surface area contributed by atoms with Crippen LogP contribution in [0.25, 0.3) is 10.9 Å². The first kappa shape index (κ1) is 13.5. The second-order valence-corrected chi connectivity index (χ2v) is 4.83. The van der Waals surface area contributed by atoms with Gasteiger partial charge in [-0.25, -0.2) is 4.98 Å². The molecule has 19 heavy (non-hydrogen) atoms. The maximum atomic E-state index is 12.4. The average molecular weight is 266 g/mol. The molecule has 0 atom stereocenters. The van der Waals surface area contributed by atoms with E-state index in [1.54, 1.807) is 18.2 Å². The molecule has 102 valence electrons. The lowest BCUT2D eigenvalue weighted by Crippen LogP contribution is -2.05. The molecule has 0 aliphatic carbocycles. The van der Waals surface area contributed by atoms with E-state index in [1.807, 2.05) is 0 Å². The zero-order chi connectivity index (χ0) is 14.0. The third kappa shape index (κ3) is 3.10. The molecule has 0 aliphatic rings. The molecule has 0 saturated heterocycles. The summed E-state index contributed by atoms with van der Waals surface area (Å²) >= 11 is 0. The fourth-order valence-corrected chi connectivity index (χ4v) is 2.02. The van der Waals surface area contributed by atoms with E-state index in [0.29, 0.717) is 22.5 Å². The lowest BCUT2D eigenvalue weighted by Gasteiger charge is -2.11. The Kier molecular flexibility index (Phi) is 3.83. The summed E-state index contributed by atoms with van der Waals surface area (Å²) in [4.78, 5) is 4.39. The van der Waals surface area contributed by atoms with E-state index >= 15 is 0 Å². The number of benzene rings is 1. The van der Waals surface area contributed by atoms with Gasteiger partial charge < -0.3 is 10.5 Å². The van der Waals surface area contributed by atoms with Gasteiger partial charge in [-0.1, -0.05) is 26.0 Å². The summed E-state index contributed by atoms with van der Waals surface area (Å²) in [6.45, 7) is 1.25. The first-order chi connectivity index (χ1) is 8.97. The molecule has 0 amide bonds. The van der Waals surface area contributed by atoms with Crippen LogP contribution >= 0.6 is 0 Å². The predicted molar refractivity (Wildman–Crippen MR) is 71.3 cm³/mol. The summed E-state index contributed by atoms with van der Waals surface area (Å²) in [5, 5.41) is 0.630. The number of fused-ring (bicyclic) bond motifs is 1. The Balaban J connectivity index is 2.55. The summed E-state index contributed by atoms with van der Waals surface area (Å²) in [5.41, 5.74) is 7.65. The minimum absolute atomic E-state index is 0.0600. The molecule has 2 rings (SSSR count). The Labute approximate surface area is 110 Å². The smallest absolute Gasteiger partial charge is 0.387 e. The zero-order valence-electron chi connectivity index (χ0n) is 10.9. The van der Waals surface area contributed by atoms with Crippen LogP contribution in [0.2, 0.25) is 0 Å². The Morgan fingerprint density at radius 1 is 1.32 bits per heavy atom. The van der Waals surface area contributed by atoms with Gasteiger partial charge in [0, 0.05) is 16.8 Å². The van der Waals surface area contributed by atoms with E-state index < -0.39 is 6.61 Å². The first-order valence-electron chi connectivity index (χ1n) is 6.10. The predicted octanol–water partition coefficient (Wildman–Crippen LogP) is 3.62. The SMILES string of the molecule is CC(C)Cc1cc(N)c2cccc(OC(F)F)c2n1. The Hall–Kier alpha value is -1.91. The maximum absolute atomic E-state index is 12.4. The number of nitrogen functional groups attached to an aromatic ring is 1. The van der Waals surface area contributed by atoms with Gasteiger partial charge in [-0.05, 0) is 24.5 Å². The van der Waals surface area contributed by atoms with E-state index in [-0.39, 0.29) is 5.75 Å². The fourth-order valence-electron chi connectivity index (χ4n) is 2.02. The molecule has 0 spiro atoms. The molecular weight excluding hydrogens is 250 g/mol. The summed E-state index contributed by atoms with van der Waals surface area (Å²) in [5.74, 6) is 0.470. The van der Waals surface area contributed by atoms with E-state index in [0.717, 1.165) is 12.1 Å². The monoisotopic (exact) mass is 266 g/mol. The van der Waals surface area contributed by atoms with E-state index in [4.69, 9.17) is 5.73 Å². The molecule has 0 radical (unpaired) electrons. The van der Waals surface area contributed by atoms with Crippen molar-refractivity contribution in [2.24, 2.45) is 5.92 Å². The summed E-state index contributed by atoms with van der Waals surface area (Å²) in [6, 6.07) is 6.63. The van der Waals surface area contributed by atoms with Crippen molar-refractivity contribution in [3.8, 4) is 5.75 Å². The molecule has 1 heterocycles. The van der Waals surface area contributed by atoms with Crippen LogP contribution in [0.1, 0.15) is 19.5 Å². The molecule has 1 aromatic heterocycles. The van der Waals surface area contributed by atoms with Crippen LogP contribution in [0.5, 0.6) is 5.75 Å². The number of anilines is 1. The number of pyridine rings is 1. The molecule has 5 heteroatoms. The number of nitrogens with two attached hydrogens (primary N) is 1. The quantitative estimate of drug-likeness (QED) is 0.919. The highest BCUT2D eigenvalue weighted by molar-refractivity contribution is 5.94. The van der Waals surface area contributed by atoms with Gasteiger partial charge in [0.15, 0.2) is 5.75 Å². The number of nitrogens with zero attached hydrogens (tertiary/aromatic N) is 1. The number of hydrogen-bond acceptors (Lipinski definition) is 3. The molecule has 2 aromatic rings.